The molecular weight excluding hydrogens is 164 g/mol. The first kappa shape index (κ1) is 8.13. The van der Waals surface area contributed by atoms with E-state index in [1.807, 2.05) is 0 Å². The molecule has 0 aliphatic carbocycles. The monoisotopic (exact) mass is 172 g/mol. The Bertz CT molecular complexity index is 341. The molecule has 0 unspecified atom stereocenters. The van der Waals surface area contributed by atoms with Crippen molar-refractivity contribution in [1.82, 2.24) is 9.97 Å². The van der Waals surface area contributed by atoms with E-state index in [0.717, 1.165) is 6.26 Å². The largest absolute Gasteiger partial charge is 0.240 e. The molecule has 0 radical (unpaired) electrons. The highest BCUT2D eigenvalue weighted by molar-refractivity contribution is 7.90. The molecule has 1 aromatic rings. The maximum atomic E-state index is 10.9. The van der Waals surface area contributed by atoms with E-state index < -0.39 is 9.84 Å². The third kappa shape index (κ3) is 1.98. The Morgan fingerprint density at radius 2 is 1.73 bits per heavy atom. The Balaban J connectivity index is 3.20. The summed E-state index contributed by atoms with van der Waals surface area (Å²) in [5.74, 6) is 0.567. The lowest BCUT2D eigenvalue weighted by molar-refractivity contribution is 0.601. The van der Waals surface area contributed by atoms with Gasteiger partial charge in [-0.2, -0.15) is 0 Å². The number of aromatic nitrogens is 2. The first-order valence-corrected chi connectivity index (χ1v) is 4.88. The summed E-state index contributed by atoms with van der Waals surface area (Å²) in [6, 6.07) is 0. The molecule has 0 aliphatic rings. The molecule has 0 N–H and O–H groups in total. The molecule has 0 fully saturated rings. The van der Waals surface area contributed by atoms with Gasteiger partial charge in [-0.1, -0.05) is 0 Å². The highest BCUT2D eigenvalue weighted by Gasteiger charge is 2.06. The normalized spacial score (nSPS) is 11.5. The van der Waals surface area contributed by atoms with Crippen LogP contribution in [0.3, 0.4) is 0 Å². The summed E-state index contributed by atoms with van der Waals surface area (Å²) in [6.07, 6.45) is 3.73. The third-order valence-electron chi connectivity index (χ3n) is 1.19. The standard InChI is InChI=1S/C6H8N2O2S/c1-5-7-3-6(4-8-5)11(2,9)10/h3-4H,1-2H3. The lowest BCUT2D eigenvalue weighted by Crippen LogP contribution is -1.99. The summed E-state index contributed by atoms with van der Waals surface area (Å²) in [6.45, 7) is 1.70. The van der Waals surface area contributed by atoms with Crippen LogP contribution in [0.4, 0.5) is 0 Å². The molecule has 1 rings (SSSR count). The van der Waals surface area contributed by atoms with Gasteiger partial charge in [0.1, 0.15) is 10.7 Å². The van der Waals surface area contributed by atoms with Gasteiger partial charge in [0.25, 0.3) is 0 Å². The van der Waals surface area contributed by atoms with Gasteiger partial charge in [-0.15, -0.1) is 0 Å². The van der Waals surface area contributed by atoms with Crippen molar-refractivity contribution < 1.29 is 8.42 Å². The van der Waals surface area contributed by atoms with Crippen LogP contribution in [0.5, 0.6) is 0 Å². The summed E-state index contributed by atoms with van der Waals surface area (Å²) >= 11 is 0. The Morgan fingerprint density at radius 3 is 2.09 bits per heavy atom. The number of hydrogen-bond acceptors (Lipinski definition) is 4. The summed E-state index contributed by atoms with van der Waals surface area (Å²) < 4.78 is 21.7. The van der Waals surface area contributed by atoms with Gasteiger partial charge in [-0.05, 0) is 6.92 Å². The lowest BCUT2D eigenvalue weighted by atomic mass is 10.6. The Hall–Kier alpha value is -0.970. The summed E-state index contributed by atoms with van der Waals surface area (Å²) in [5.41, 5.74) is 0. The minimum absolute atomic E-state index is 0.156. The molecule has 60 valence electrons. The van der Waals surface area contributed by atoms with Gasteiger partial charge in [0, 0.05) is 18.6 Å². The van der Waals surface area contributed by atoms with Crippen molar-refractivity contribution in [3.63, 3.8) is 0 Å². The van der Waals surface area contributed by atoms with Crippen molar-refractivity contribution in [2.75, 3.05) is 6.26 Å². The maximum absolute atomic E-state index is 10.9. The average Bonchev–Trinajstić information content (AvgIpc) is 1.86. The molecule has 1 aromatic heterocycles. The predicted molar refractivity (Wildman–Crippen MR) is 39.9 cm³/mol. The van der Waals surface area contributed by atoms with E-state index in [9.17, 15) is 8.42 Å². The lowest BCUT2D eigenvalue weighted by Gasteiger charge is -1.95. The van der Waals surface area contributed by atoms with Crippen LogP contribution in [0.25, 0.3) is 0 Å². The van der Waals surface area contributed by atoms with Crippen LogP contribution in [-0.2, 0) is 9.84 Å². The van der Waals surface area contributed by atoms with Crippen LogP contribution in [0.15, 0.2) is 17.3 Å². The molecule has 5 heteroatoms. The molecule has 0 bridgehead atoms. The molecule has 1 heterocycles. The molecular formula is C6H8N2O2S. The zero-order valence-corrected chi connectivity index (χ0v) is 7.09. The SMILES string of the molecule is Cc1ncc(S(C)(=O)=O)cn1. The first-order chi connectivity index (χ1) is 5.00. The topological polar surface area (TPSA) is 59.9 Å². The van der Waals surface area contributed by atoms with Crippen molar-refractivity contribution in [3.05, 3.63) is 18.2 Å². The van der Waals surface area contributed by atoms with E-state index in [1.165, 1.54) is 12.4 Å². The van der Waals surface area contributed by atoms with Crippen LogP contribution in [0.2, 0.25) is 0 Å². The Morgan fingerprint density at radius 1 is 1.27 bits per heavy atom. The summed E-state index contributed by atoms with van der Waals surface area (Å²) in [7, 11) is -3.14. The molecule has 0 aliphatic heterocycles. The first-order valence-electron chi connectivity index (χ1n) is 2.99. The van der Waals surface area contributed by atoms with Crippen LogP contribution < -0.4 is 0 Å². The quantitative estimate of drug-likeness (QED) is 0.606. The molecule has 0 spiro atoms. The van der Waals surface area contributed by atoms with Crippen molar-refractivity contribution in [2.24, 2.45) is 0 Å². The molecule has 0 aromatic carbocycles. The zero-order valence-electron chi connectivity index (χ0n) is 6.27. The number of aryl methyl sites for hydroxylation is 1. The van der Waals surface area contributed by atoms with E-state index in [4.69, 9.17) is 0 Å². The zero-order chi connectivity index (χ0) is 8.48. The average molecular weight is 172 g/mol. The van der Waals surface area contributed by atoms with E-state index in [2.05, 4.69) is 9.97 Å². The van der Waals surface area contributed by atoms with Crippen LogP contribution in [0, 0.1) is 6.92 Å². The third-order valence-corrected chi connectivity index (χ3v) is 2.25. The maximum Gasteiger partial charge on any atom is 0.178 e. The fourth-order valence-electron chi connectivity index (χ4n) is 0.572. The highest BCUT2D eigenvalue weighted by Crippen LogP contribution is 2.03. The summed E-state index contributed by atoms with van der Waals surface area (Å²) in [5, 5.41) is 0. The second-order valence-electron chi connectivity index (χ2n) is 2.24. The minimum atomic E-state index is -3.14. The Labute approximate surface area is 65.2 Å². The van der Waals surface area contributed by atoms with Crippen LogP contribution in [-0.4, -0.2) is 24.6 Å². The minimum Gasteiger partial charge on any atom is -0.240 e. The van der Waals surface area contributed by atoms with Crippen molar-refractivity contribution >= 4 is 9.84 Å². The van der Waals surface area contributed by atoms with Crippen molar-refractivity contribution in [2.45, 2.75) is 11.8 Å². The molecule has 4 nitrogen and oxygen atoms in total. The highest BCUT2D eigenvalue weighted by atomic mass is 32.2. The van der Waals surface area contributed by atoms with E-state index >= 15 is 0 Å². The van der Waals surface area contributed by atoms with Crippen LogP contribution >= 0.6 is 0 Å². The van der Waals surface area contributed by atoms with Gasteiger partial charge in [0.05, 0.1) is 0 Å². The molecule has 0 saturated heterocycles. The Kier molecular flexibility index (Phi) is 1.90. The van der Waals surface area contributed by atoms with Gasteiger partial charge >= 0.3 is 0 Å². The van der Waals surface area contributed by atoms with Gasteiger partial charge in [-0.3, -0.25) is 0 Å². The second kappa shape index (κ2) is 2.58. The second-order valence-corrected chi connectivity index (χ2v) is 4.25. The van der Waals surface area contributed by atoms with E-state index in [-0.39, 0.29) is 4.90 Å². The molecule has 0 saturated carbocycles. The van der Waals surface area contributed by atoms with Crippen molar-refractivity contribution in [3.8, 4) is 0 Å². The number of nitrogens with zero attached hydrogens (tertiary/aromatic N) is 2. The van der Waals surface area contributed by atoms with Crippen LogP contribution in [0.1, 0.15) is 5.82 Å². The fourth-order valence-corrected chi connectivity index (χ4v) is 1.06. The number of sulfone groups is 1. The van der Waals surface area contributed by atoms with Gasteiger partial charge < -0.3 is 0 Å². The summed E-state index contributed by atoms with van der Waals surface area (Å²) in [4.78, 5) is 7.67. The number of rotatable bonds is 1. The predicted octanol–water partition coefficient (Wildman–Crippen LogP) is 0.189. The fraction of sp³-hybridized carbons (Fsp3) is 0.333. The van der Waals surface area contributed by atoms with Gasteiger partial charge in [-0.25, -0.2) is 18.4 Å². The molecule has 0 amide bonds. The van der Waals surface area contributed by atoms with Gasteiger partial charge in [0.2, 0.25) is 0 Å². The molecule has 0 atom stereocenters. The van der Waals surface area contributed by atoms with Gasteiger partial charge in [0.15, 0.2) is 9.84 Å². The van der Waals surface area contributed by atoms with Crippen molar-refractivity contribution in [1.29, 1.82) is 0 Å². The van der Waals surface area contributed by atoms with E-state index in [1.54, 1.807) is 6.92 Å². The molecule has 11 heavy (non-hydrogen) atoms. The number of hydrogen-bond donors (Lipinski definition) is 0. The van der Waals surface area contributed by atoms with E-state index in [0.29, 0.717) is 5.82 Å². The smallest absolute Gasteiger partial charge is 0.178 e.